The normalized spacial score (nSPS) is 15.0. The fourth-order valence-corrected chi connectivity index (χ4v) is 3.68. The van der Waals surface area contributed by atoms with Crippen molar-refractivity contribution in [2.45, 2.75) is 20.0 Å². The predicted molar refractivity (Wildman–Crippen MR) is 109 cm³/mol. The summed E-state index contributed by atoms with van der Waals surface area (Å²) in [6, 6.07) is 4.62. The highest BCUT2D eigenvalue weighted by Crippen LogP contribution is 2.31. The number of carbonyl (C=O) groups is 3. The number of piperazine rings is 1. The number of hydrogen-bond donors (Lipinski definition) is 1. The lowest BCUT2D eigenvalue weighted by Crippen LogP contribution is -2.52. The van der Waals surface area contributed by atoms with Crippen LogP contribution in [0.5, 0.6) is 0 Å². The molecule has 0 atom stereocenters. The number of amides is 2. The zero-order valence-electron chi connectivity index (χ0n) is 18.0. The summed E-state index contributed by atoms with van der Waals surface area (Å²) in [6.45, 7) is 4.79. The number of Topliss-reactive ketones (excluding diaryl/α,β-unsaturated/α-hetero) is 1. The number of likely N-dealkylation sites (N-methyl/N-ethyl adjacent to an activating group) is 1. The van der Waals surface area contributed by atoms with Crippen LogP contribution in [0.1, 0.15) is 27.3 Å². The van der Waals surface area contributed by atoms with Crippen LogP contribution in [0.2, 0.25) is 0 Å². The summed E-state index contributed by atoms with van der Waals surface area (Å²) < 4.78 is 40.4. The molecule has 1 saturated heterocycles. The second-order valence-corrected chi connectivity index (χ2v) is 7.58. The van der Waals surface area contributed by atoms with Crippen LogP contribution in [0.3, 0.4) is 0 Å². The molecule has 172 valence electrons. The lowest BCUT2D eigenvalue weighted by molar-refractivity contribution is -0.137. The van der Waals surface area contributed by atoms with E-state index in [0.717, 1.165) is 12.1 Å². The third-order valence-electron chi connectivity index (χ3n) is 5.44. The van der Waals surface area contributed by atoms with E-state index >= 15 is 0 Å². The molecule has 1 aromatic heterocycles. The Hall–Kier alpha value is -3.21. The van der Waals surface area contributed by atoms with E-state index in [0.29, 0.717) is 31.9 Å². The van der Waals surface area contributed by atoms with E-state index in [1.54, 1.807) is 20.9 Å². The van der Waals surface area contributed by atoms with Crippen LogP contribution >= 0.6 is 0 Å². The number of carbonyl (C=O) groups excluding carboxylic acids is 3. The molecule has 32 heavy (non-hydrogen) atoms. The Balaban J connectivity index is 1.78. The van der Waals surface area contributed by atoms with Crippen LogP contribution in [0.4, 0.5) is 13.2 Å². The Labute approximate surface area is 183 Å². The molecule has 0 saturated carbocycles. The summed E-state index contributed by atoms with van der Waals surface area (Å²) in [4.78, 5) is 40.6. The molecule has 0 spiro atoms. The molecule has 11 heteroatoms. The van der Waals surface area contributed by atoms with E-state index in [4.69, 9.17) is 0 Å². The van der Waals surface area contributed by atoms with Crippen molar-refractivity contribution in [1.82, 2.24) is 24.9 Å². The van der Waals surface area contributed by atoms with Crippen LogP contribution in [0, 0.1) is 13.8 Å². The number of aromatic nitrogens is 2. The van der Waals surface area contributed by atoms with Crippen molar-refractivity contribution in [3.8, 4) is 5.69 Å². The summed E-state index contributed by atoms with van der Waals surface area (Å²) in [5.74, 6) is -1.58. The molecular weight excluding hydrogens is 427 g/mol. The van der Waals surface area contributed by atoms with E-state index in [1.165, 1.54) is 21.7 Å². The minimum atomic E-state index is -4.51. The number of nitrogens with one attached hydrogen (secondary N) is 1. The van der Waals surface area contributed by atoms with Gasteiger partial charge in [0, 0.05) is 33.2 Å². The minimum absolute atomic E-state index is 0.0835. The largest absolute Gasteiger partial charge is 0.416 e. The van der Waals surface area contributed by atoms with Gasteiger partial charge in [0.15, 0.2) is 0 Å². The number of benzene rings is 1. The predicted octanol–water partition coefficient (Wildman–Crippen LogP) is 1.58. The van der Waals surface area contributed by atoms with E-state index in [9.17, 15) is 27.6 Å². The fourth-order valence-electron chi connectivity index (χ4n) is 3.68. The third kappa shape index (κ3) is 4.82. The van der Waals surface area contributed by atoms with Gasteiger partial charge in [0.25, 0.3) is 11.7 Å². The van der Waals surface area contributed by atoms with E-state index in [1.807, 2.05) is 4.90 Å². The van der Waals surface area contributed by atoms with Crippen LogP contribution in [0.25, 0.3) is 5.69 Å². The van der Waals surface area contributed by atoms with Gasteiger partial charge in [-0.2, -0.15) is 18.3 Å². The molecule has 1 aliphatic heterocycles. The van der Waals surface area contributed by atoms with Gasteiger partial charge in [0.2, 0.25) is 5.91 Å². The highest BCUT2D eigenvalue weighted by atomic mass is 19.4. The Morgan fingerprint density at radius 2 is 1.75 bits per heavy atom. The van der Waals surface area contributed by atoms with Crippen LogP contribution in [-0.2, 0) is 15.8 Å². The van der Waals surface area contributed by atoms with E-state index in [2.05, 4.69) is 10.4 Å². The molecule has 1 N–H and O–H groups in total. The number of nitrogens with zero attached hydrogens (tertiary/aromatic N) is 4. The monoisotopic (exact) mass is 451 g/mol. The quantitative estimate of drug-likeness (QED) is 0.551. The number of halogens is 3. The lowest BCUT2D eigenvalue weighted by atomic mass is 10.1. The van der Waals surface area contributed by atoms with E-state index in [-0.39, 0.29) is 29.4 Å². The summed E-state index contributed by atoms with van der Waals surface area (Å²) in [6.07, 6.45) is -4.51. The first-order valence-corrected chi connectivity index (χ1v) is 10.0. The van der Waals surface area contributed by atoms with Gasteiger partial charge in [-0.3, -0.25) is 19.3 Å². The first kappa shape index (κ1) is 23.5. The van der Waals surface area contributed by atoms with Gasteiger partial charge >= 0.3 is 6.18 Å². The SMILES string of the molecule is CNC(=O)CN1CCN(C(=O)C(=O)c2c(C)nn(-c3cccc(C(F)(F)F)c3)c2C)CC1. The number of rotatable bonds is 5. The molecule has 0 radical (unpaired) electrons. The molecule has 1 aromatic carbocycles. The minimum Gasteiger partial charge on any atom is -0.358 e. The molecule has 2 heterocycles. The van der Waals surface area contributed by atoms with Crippen molar-refractivity contribution in [3.05, 3.63) is 46.8 Å². The average Bonchev–Trinajstić information content (AvgIpc) is 3.06. The third-order valence-corrected chi connectivity index (χ3v) is 5.44. The molecule has 2 amide bonds. The van der Waals surface area contributed by atoms with Crippen LogP contribution in [0.15, 0.2) is 24.3 Å². The lowest BCUT2D eigenvalue weighted by Gasteiger charge is -2.33. The maximum atomic E-state index is 13.1. The van der Waals surface area contributed by atoms with Crippen molar-refractivity contribution in [2.24, 2.45) is 0 Å². The van der Waals surface area contributed by atoms with Crippen molar-refractivity contribution in [2.75, 3.05) is 39.8 Å². The Kier molecular flexibility index (Phi) is 6.68. The molecule has 2 aromatic rings. The molecule has 8 nitrogen and oxygen atoms in total. The standard InChI is InChI=1S/C21H24F3N5O3/c1-13-18(14(2)29(26-13)16-6-4-5-15(11-16)21(22,23)24)19(31)20(32)28-9-7-27(8-10-28)12-17(30)25-3/h4-6,11H,7-10,12H2,1-3H3,(H,25,30). The summed E-state index contributed by atoms with van der Waals surface area (Å²) in [7, 11) is 1.55. The van der Waals surface area contributed by atoms with Gasteiger partial charge in [0.1, 0.15) is 0 Å². The maximum Gasteiger partial charge on any atom is 0.416 e. The summed E-state index contributed by atoms with van der Waals surface area (Å²) in [5.41, 5.74) is -0.0500. The summed E-state index contributed by atoms with van der Waals surface area (Å²) >= 11 is 0. The first-order chi connectivity index (χ1) is 15.0. The van der Waals surface area contributed by atoms with Crippen LogP contribution < -0.4 is 5.32 Å². The fraction of sp³-hybridized carbons (Fsp3) is 0.429. The molecule has 1 aliphatic rings. The smallest absolute Gasteiger partial charge is 0.358 e. The number of ketones is 1. The molecule has 0 aliphatic carbocycles. The van der Waals surface area contributed by atoms with Gasteiger partial charge in [-0.25, -0.2) is 4.68 Å². The Bertz CT molecular complexity index is 1040. The first-order valence-electron chi connectivity index (χ1n) is 10.0. The van der Waals surface area contributed by atoms with Crippen molar-refractivity contribution in [1.29, 1.82) is 0 Å². The summed E-state index contributed by atoms with van der Waals surface area (Å²) in [5, 5.41) is 6.75. The van der Waals surface area contributed by atoms with E-state index < -0.39 is 23.4 Å². The molecule has 3 rings (SSSR count). The highest BCUT2D eigenvalue weighted by molar-refractivity contribution is 6.43. The maximum absolute atomic E-state index is 13.1. The Morgan fingerprint density at radius 1 is 1.09 bits per heavy atom. The molecule has 0 bridgehead atoms. The molecule has 0 unspecified atom stereocenters. The number of alkyl halides is 3. The second-order valence-electron chi connectivity index (χ2n) is 7.58. The van der Waals surface area contributed by atoms with Gasteiger partial charge in [-0.05, 0) is 32.0 Å². The van der Waals surface area contributed by atoms with Crippen molar-refractivity contribution >= 4 is 17.6 Å². The van der Waals surface area contributed by atoms with Gasteiger partial charge in [-0.15, -0.1) is 0 Å². The average molecular weight is 451 g/mol. The highest BCUT2D eigenvalue weighted by Gasteiger charge is 2.33. The van der Waals surface area contributed by atoms with Crippen molar-refractivity contribution in [3.63, 3.8) is 0 Å². The van der Waals surface area contributed by atoms with Crippen LogP contribution in [-0.4, -0.2) is 76.9 Å². The van der Waals surface area contributed by atoms with Crippen molar-refractivity contribution < 1.29 is 27.6 Å². The number of aryl methyl sites for hydroxylation is 1. The molecule has 1 fully saturated rings. The Morgan fingerprint density at radius 3 is 2.34 bits per heavy atom. The zero-order valence-corrected chi connectivity index (χ0v) is 18.0. The van der Waals surface area contributed by atoms with Gasteiger partial charge in [0.05, 0.1) is 34.7 Å². The molecular formula is C21H24F3N5O3. The second kappa shape index (κ2) is 9.11. The van der Waals surface area contributed by atoms with Gasteiger partial charge < -0.3 is 10.2 Å². The van der Waals surface area contributed by atoms with Gasteiger partial charge in [-0.1, -0.05) is 6.07 Å². The number of hydrogen-bond acceptors (Lipinski definition) is 5. The zero-order chi connectivity index (χ0) is 23.6. The topological polar surface area (TPSA) is 87.5 Å².